The number of ether oxygens (including phenoxy) is 3. The Kier molecular flexibility index (Phi) is 6.83. The van der Waals surface area contributed by atoms with Gasteiger partial charge in [-0.3, -0.25) is 4.79 Å². The van der Waals surface area contributed by atoms with Crippen molar-refractivity contribution >= 4 is 23.2 Å². The second-order valence-electron chi connectivity index (χ2n) is 6.50. The number of benzene rings is 1. The van der Waals surface area contributed by atoms with Gasteiger partial charge in [0.25, 0.3) is 5.91 Å². The molecule has 1 aromatic carbocycles. The predicted molar refractivity (Wildman–Crippen MR) is 101 cm³/mol. The topological polar surface area (TPSA) is 69.7 Å². The van der Waals surface area contributed by atoms with Gasteiger partial charge in [0, 0.05) is 18.0 Å². The van der Waals surface area contributed by atoms with Crippen molar-refractivity contribution in [1.82, 2.24) is 4.98 Å². The van der Waals surface area contributed by atoms with Crippen LogP contribution in [-0.2, 0) is 4.74 Å². The Hall–Kier alpha value is -2.31. The normalized spacial score (nSPS) is 11.1. The first-order valence-corrected chi connectivity index (χ1v) is 8.54. The molecular formula is C19H23ClN2O4. The summed E-state index contributed by atoms with van der Waals surface area (Å²) < 4.78 is 16.1. The number of nitrogens with one attached hydrogen (secondary N) is 1. The van der Waals surface area contributed by atoms with E-state index >= 15 is 0 Å². The van der Waals surface area contributed by atoms with Gasteiger partial charge in [-0.1, -0.05) is 11.6 Å². The fourth-order valence-electron chi connectivity index (χ4n) is 2.04. The summed E-state index contributed by atoms with van der Waals surface area (Å²) >= 11 is 6.05. The van der Waals surface area contributed by atoms with Gasteiger partial charge in [0.05, 0.1) is 29.9 Å². The maximum Gasteiger partial charge on any atom is 0.257 e. The lowest BCUT2D eigenvalue weighted by Crippen LogP contribution is -2.22. The molecule has 2 rings (SSSR count). The van der Waals surface area contributed by atoms with Crippen molar-refractivity contribution < 1.29 is 19.0 Å². The van der Waals surface area contributed by atoms with Crippen LogP contribution >= 0.6 is 11.6 Å². The number of hydrogen-bond acceptors (Lipinski definition) is 5. The Balaban J connectivity index is 1.89. The molecule has 0 unspecified atom stereocenters. The molecule has 6 nitrogen and oxygen atoms in total. The van der Waals surface area contributed by atoms with Crippen molar-refractivity contribution in [2.45, 2.75) is 26.4 Å². The number of nitrogens with zero attached hydrogens (tertiary/aromatic N) is 1. The van der Waals surface area contributed by atoms with Crippen molar-refractivity contribution in [2.24, 2.45) is 0 Å². The molecule has 0 bridgehead atoms. The van der Waals surface area contributed by atoms with Gasteiger partial charge in [-0.15, -0.1) is 0 Å². The molecule has 1 N–H and O–H groups in total. The fourth-order valence-corrected chi connectivity index (χ4v) is 2.30. The van der Waals surface area contributed by atoms with Gasteiger partial charge >= 0.3 is 0 Å². The minimum absolute atomic E-state index is 0.205. The molecule has 2 aromatic rings. The lowest BCUT2D eigenvalue weighted by molar-refractivity contribution is -0.0168. The molecule has 1 amide bonds. The number of methoxy groups -OCH3 is 1. The first kappa shape index (κ1) is 20.0. The van der Waals surface area contributed by atoms with Crippen molar-refractivity contribution in [2.75, 3.05) is 25.6 Å². The first-order chi connectivity index (χ1) is 12.3. The average Bonchev–Trinajstić information content (AvgIpc) is 2.58. The molecule has 0 spiro atoms. The molecule has 0 atom stereocenters. The standard InChI is InChI=1S/C19H23ClN2O4/c1-19(2,3)26-10-9-25-17-8-5-13(12-21-17)18(23)22-14-6-7-16(24-4)15(20)11-14/h5-8,11-12H,9-10H2,1-4H3,(H,22,23). The molecule has 26 heavy (non-hydrogen) atoms. The van der Waals surface area contributed by atoms with Crippen LogP contribution in [0.3, 0.4) is 0 Å². The van der Waals surface area contributed by atoms with Crippen molar-refractivity contribution in [3.05, 3.63) is 47.1 Å². The molecule has 0 saturated heterocycles. The summed E-state index contributed by atoms with van der Waals surface area (Å²) in [6.45, 7) is 6.80. The third-order valence-electron chi connectivity index (χ3n) is 3.28. The van der Waals surface area contributed by atoms with Gasteiger partial charge in [0.2, 0.25) is 5.88 Å². The van der Waals surface area contributed by atoms with E-state index in [1.54, 1.807) is 30.3 Å². The Morgan fingerprint density at radius 1 is 1.19 bits per heavy atom. The van der Waals surface area contributed by atoms with E-state index in [1.807, 2.05) is 20.8 Å². The van der Waals surface area contributed by atoms with Crippen LogP contribution in [0.4, 0.5) is 5.69 Å². The minimum atomic E-state index is -0.290. The Morgan fingerprint density at radius 2 is 1.96 bits per heavy atom. The van der Waals surface area contributed by atoms with E-state index < -0.39 is 0 Å². The SMILES string of the molecule is COc1ccc(NC(=O)c2ccc(OCCOC(C)(C)C)nc2)cc1Cl. The summed E-state index contributed by atoms with van der Waals surface area (Å²) in [5.41, 5.74) is 0.777. The van der Waals surface area contributed by atoms with Crippen LogP contribution in [0.25, 0.3) is 0 Å². The molecule has 7 heteroatoms. The maximum atomic E-state index is 12.3. The number of carbonyl (C=O) groups is 1. The highest BCUT2D eigenvalue weighted by Gasteiger charge is 2.11. The zero-order chi connectivity index (χ0) is 19.2. The summed E-state index contributed by atoms with van der Waals surface area (Å²) in [5, 5.41) is 3.18. The van der Waals surface area contributed by atoms with E-state index in [4.69, 9.17) is 25.8 Å². The van der Waals surface area contributed by atoms with Gasteiger partial charge in [-0.05, 0) is 45.0 Å². The summed E-state index contributed by atoms with van der Waals surface area (Å²) in [4.78, 5) is 16.4. The van der Waals surface area contributed by atoms with Crippen molar-refractivity contribution in [3.8, 4) is 11.6 Å². The number of carbonyl (C=O) groups excluding carboxylic acids is 1. The van der Waals surface area contributed by atoms with Crippen LogP contribution in [0.15, 0.2) is 36.5 Å². The van der Waals surface area contributed by atoms with Crippen molar-refractivity contribution in [3.63, 3.8) is 0 Å². The smallest absolute Gasteiger partial charge is 0.257 e. The number of rotatable bonds is 7. The predicted octanol–water partition coefficient (Wildman–Crippen LogP) is 4.19. The van der Waals surface area contributed by atoms with E-state index in [-0.39, 0.29) is 11.5 Å². The third kappa shape index (κ3) is 6.20. The molecule has 0 fully saturated rings. The van der Waals surface area contributed by atoms with Gasteiger partial charge in [0.15, 0.2) is 0 Å². The number of aromatic nitrogens is 1. The molecule has 1 heterocycles. The lowest BCUT2D eigenvalue weighted by atomic mass is 10.2. The van der Waals surface area contributed by atoms with Gasteiger partial charge in [-0.2, -0.15) is 0 Å². The summed E-state index contributed by atoms with van der Waals surface area (Å²) in [6.07, 6.45) is 1.46. The molecule has 0 aliphatic heterocycles. The zero-order valence-electron chi connectivity index (χ0n) is 15.3. The van der Waals surface area contributed by atoms with Crippen LogP contribution in [0.5, 0.6) is 11.6 Å². The highest BCUT2D eigenvalue weighted by Crippen LogP contribution is 2.27. The van der Waals surface area contributed by atoms with E-state index in [2.05, 4.69) is 10.3 Å². The number of pyridine rings is 1. The number of amides is 1. The molecule has 0 radical (unpaired) electrons. The van der Waals surface area contributed by atoms with Gasteiger partial charge in [0.1, 0.15) is 12.4 Å². The molecule has 1 aromatic heterocycles. The monoisotopic (exact) mass is 378 g/mol. The second kappa shape index (κ2) is 8.87. The average molecular weight is 379 g/mol. The molecule has 140 valence electrons. The Morgan fingerprint density at radius 3 is 2.54 bits per heavy atom. The van der Waals surface area contributed by atoms with E-state index in [0.717, 1.165) is 0 Å². The second-order valence-corrected chi connectivity index (χ2v) is 6.91. The fraction of sp³-hybridized carbons (Fsp3) is 0.368. The molecular weight excluding hydrogens is 356 g/mol. The summed E-state index contributed by atoms with van der Waals surface area (Å²) in [5.74, 6) is 0.691. The van der Waals surface area contributed by atoms with E-state index in [1.165, 1.54) is 13.3 Å². The number of halogens is 1. The Labute approximate surface area is 158 Å². The lowest BCUT2D eigenvalue weighted by Gasteiger charge is -2.19. The van der Waals surface area contributed by atoms with E-state index in [9.17, 15) is 4.79 Å². The summed E-state index contributed by atoms with van der Waals surface area (Å²) in [7, 11) is 1.53. The molecule has 0 aliphatic carbocycles. The van der Waals surface area contributed by atoms with Crippen LogP contribution in [0.2, 0.25) is 5.02 Å². The third-order valence-corrected chi connectivity index (χ3v) is 3.57. The van der Waals surface area contributed by atoms with Crippen LogP contribution in [0, 0.1) is 0 Å². The quantitative estimate of drug-likeness (QED) is 0.731. The molecule has 0 aliphatic rings. The number of hydrogen-bond donors (Lipinski definition) is 1. The largest absolute Gasteiger partial charge is 0.495 e. The maximum absolute atomic E-state index is 12.3. The van der Waals surface area contributed by atoms with Gasteiger partial charge < -0.3 is 19.5 Å². The van der Waals surface area contributed by atoms with Crippen LogP contribution in [-0.4, -0.2) is 36.8 Å². The van der Waals surface area contributed by atoms with Crippen LogP contribution < -0.4 is 14.8 Å². The minimum Gasteiger partial charge on any atom is -0.495 e. The van der Waals surface area contributed by atoms with E-state index in [0.29, 0.717) is 41.1 Å². The van der Waals surface area contributed by atoms with Crippen LogP contribution in [0.1, 0.15) is 31.1 Å². The Bertz CT molecular complexity index is 742. The van der Waals surface area contributed by atoms with Gasteiger partial charge in [-0.25, -0.2) is 4.98 Å². The first-order valence-electron chi connectivity index (χ1n) is 8.16. The zero-order valence-corrected chi connectivity index (χ0v) is 16.1. The molecule has 0 saturated carbocycles. The van der Waals surface area contributed by atoms with Crippen molar-refractivity contribution in [1.29, 1.82) is 0 Å². The highest BCUT2D eigenvalue weighted by molar-refractivity contribution is 6.32. The number of anilines is 1. The highest BCUT2D eigenvalue weighted by atomic mass is 35.5. The summed E-state index contributed by atoms with van der Waals surface area (Å²) in [6, 6.07) is 8.31.